The average Bonchev–Trinajstić information content (AvgIpc) is 1.59. The lowest BCUT2D eigenvalue weighted by molar-refractivity contribution is 0.380. The minimum Gasteiger partial charge on any atom is -0.344 e. The summed E-state index contributed by atoms with van der Waals surface area (Å²) in [5.74, 6) is 0. The highest BCUT2D eigenvalue weighted by Gasteiger charge is 1.95. The summed E-state index contributed by atoms with van der Waals surface area (Å²) in [4.78, 5) is 0. The van der Waals surface area contributed by atoms with Crippen LogP contribution in [0, 0.1) is 0 Å². The molecule has 0 aliphatic rings. The van der Waals surface area contributed by atoms with E-state index in [0.717, 1.165) is 0 Å². The van der Waals surface area contributed by atoms with Crippen LogP contribution in [0.25, 0.3) is 0 Å². The second kappa shape index (κ2) is 11.0. The lowest BCUT2D eigenvalue weighted by Gasteiger charge is -1.80. The predicted molar refractivity (Wildman–Crippen MR) is 50.9 cm³/mol. The Bertz CT molecular complexity index is 267. The van der Waals surface area contributed by atoms with Crippen LogP contribution in [0.3, 0.4) is 0 Å². The molecule has 0 bridgehead atoms. The molecule has 14 heavy (non-hydrogen) atoms. The van der Waals surface area contributed by atoms with E-state index in [0.29, 0.717) is 0 Å². The maximum Gasteiger partial charge on any atom is 0.408 e. The zero-order valence-corrected chi connectivity index (χ0v) is 9.30. The van der Waals surface area contributed by atoms with Gasteiger partial charge in [0.05, 0.1) is 0 Å². The number of hydrogen-bond acceptors (Lipinski definition) is 9. The Morgan fingerprint density at radius 3 is 0.929 bits per heavy atom. The highest BCUT2D eigenvalue weighted by Crippen LogP contribution is 1.85. The Balaban J connectivity index is -0.0000000321. The van der Waals surface area contributed by atoms with E-state index in [2.05, 4.69) is 16.5 Å². The zero-order chi connectivity index (χ0) is 9.71. The molecule has 0 amide bonds. The van der Waals surface area contributed by atoms with Crippen LogP contribution in [0.1, 0.15) is 0 Å². The molecule has 0 saturated heterocycles. The van der Waals surface area contributed by atoms with Gasteiger partial charge in [-0.15, -0.1) is 0 Å². The summed E-state index contributed by atoms with van der Waals surface area (Å²) in [6.07, 6.45) is 0. The molecular weight excluding hydrogens is 266 g/mol. The van der Waals surface area contributed by atoms with Gasteiger partial charge in [0.15, 0.2) is 0 Å². The first-order valence-corrected chi connectivity index (χ1v) is 4.69. The van der Waals surface area contributed by atoms with E-state index in [9.17, 15) is 8.42 Å². The molecule has 0 aromatic heterocycles. The molecule has 14 heteroatoms. The van der Waals surface area contributed by atoms with Crippen molar-refractivity contribution in [2.75, 3.05) is 0 Å². The van der Waals surface area contributed by atoms with E-state index >= 15 is 0 Å². The molecule has 0 spiro atoms. The quantitative estimate of drug-likeness (QED) is 0.183. The predicted octanol–water partition coefficient (Wildman–Crippen LogP) is -0.516. The molecule has 0 unspecified atom stereocenters. The maximum absolute atomic E-state index is 9.26. The summed E-state index contributed by atoms with van der Waals surface area (Å²) in [6.45, 7) is 0. The van der Waals surface area contributed by atoms with Crippen molar-refractivity contribution in [2.24, 2.45) is 0 Å². The van der Waals surface area contributed by atoms with E-state index in [1.54, 1.807) is 0 Å². The second-order valence-electron chi connectivity index (χ2n) is 0.950. The first-order valence-electron chi connectivity index (χ1n) is 1.56. The first kappa shape index (κ1) is 29.2. The molecule has 11 nitrogen and oxygen atoms in total. The lowest BCUT2D eigenvalue weighted by atomic mass is 14.0. The SMILES string of the molecule is N.N.N.O=S(=O)(O)O.O=S(=O)(O)OS. The summed E-state index contributed by atoms with van der Waals surface area (Å²) >= 11 is 2.76. The third kappa shape index (κ3) is 163. The Morgan fingerprint density at radius 1 is 0.857 bits per heavy atom. The van der Waals surface area contributed by atoms with Gasteiger partial charge in [-0.1, -0.05) is 0 Å². The molecule has 0 saturated carbocycles. The molecule has 12 N–H and O–H groups in total. The van der Waals surface area contributed by atoms with Crippen molar-refractivity contribution >= 4 is 33.7 Å². The van der Waals surface area contributed by atoms with Crippen molar-refractivity contribution in [2.45, 2.75) is 0 Å². The molecular formula is H13N3O8S3. The van der Waals surface area contributed by atoms with Gasteiger partial charge in [-0.2, -0.15) is 20.5 Å². The van der Waals surface area contributed by atoms with Gasteiger partial charge in [-0.3, -0.25) is 13.7 Å². The molecule has 0 atom stereocenters. The van der Waals surface area contributed by atoms with Gasteiger partial charge in [0.2, 0.25) is 0 Å². The van der Waals surface area contributed by atoms with Crippen LogP contribution in [0.15, 0.2) is 0 Å². The number of thiol groups is 1. The van der Waals surface area contributed by atoms with Crippen molar-refractivity contribution in [1.29, 1.82) is 0 Å². The molecule has 0 aromatic rings. The second-order valence-corrected chi connectivity index (χ2v) is 3.30. The Kier molecular flexibility index (Phi) is 23.0. The molecule has 0 fully saturated rings. The Morgan fingerprint density at radius 2 is 0.929 bits per heavy atom. The van der Waals surface area contributed by atoms with E-state index in [1.165, 1.54) is 0 Å². The third-order valence-corrected chi connectivity index (χ3v) is 0.848. The van der Waals surface area contributed by atoms with Gasteiger partial charge in [0, 0.05) is 0 Å². The first-order chi connectivity index (χ1) is 4.56. The van der Waals surface area contributed by atoms with Crippen molar-refractivity contribution in [3.05, 3.63) is 0 Å². The van der Waals surface area contributed by atoms with Gasteiger partial charge in [-0.05, 0) is 12.9 Å². The zero-order valence-electron chi connectivity index (χ0n) is 6.77. The topological polar surface area (TPSA) is 243 Å². The van der Waals surface area contributed by atoms with Gasteiger partial charge < -0.3 is 18.5 Å². The largest absolute Gasteiger partial charge is 0.408 e. The van der Waals surface area contributed by atoms with E-state index in [-0.39, 0.29) is 18.5 Å². The third-order valence-electron chi connectivity index (χ3n) is 0.0942. The standard InChI is InChI=1S/3H3N.H2O4S2.H2O4S/c;;;1-6(2,3)4-5;1-5(2,3)4/h3*1H3;5H,(H,1,2,3);(H2,1,2,3,4). The van der Waals surface area contributed by atoms with Crippen LogP contribution in [0.2, 0.25) is 0 Å². The summed E-state index contributed by atoms with van der Waals surface area (Å²) in [5, 5.41) is 0. The summed E-state index contributed by atoms with van der Waals surface area (Å²) in [6, 6.07) is 0. The highest BCUT2D eigenvalue weighted by atomic mass is 32.3. The fraction of sp³-hybridized carbons (Fsp3) is 0. The summed E-state index contributed by atoms with van der Waals surface area (Å²) in [5.41, 5.74) is 0. The summed E-state index contributed by atoms with van der Waals surface area (Å²) in [7, 11) is -8.96. The van der Waals surface area contributed by atoms with Gasteiger partial charge in [0.25, 0.3) is 0 Å². The van der Waals surface area contributed by atoms with Crippen molar-refractivity contribution in [1.82, 2.24) is 18.5 Å². The van der Waals surface area contributed by atoms with Crippen LogP contribution in [-0.2, 0) is 24.4 Å². The van der Waals surface area contributed by atoms with Gasteiger partial charge >= 0.3 is 20.8 Å². The van der Waals surface area contributed by atoms with Crippen LogP contribution < -0.4 is 18.5 Å². The maximum atomic E-state index is 9.26. The number of hydrogen-bond donors (Lipinski definition) is 7. The van der Waals surface area contributed by atoms with E-state index in [4.69, 9.17) is 22.1 Å². The number of rotatable bonds is 1. The van der Waals surface area contributed by atoms with Gasteiger partial charge in [-0.25, -0.2) is 0 Å². The van der Waals surface area contributed by atoms with Crippen LogP contribution in [0.5, 0.6) is 0 Å². The molecule has 0 radical (unpaired) electrons. The lowest BCUT2D eigenvalue weighted by Crippen LogP contribution is -1.92. The van der Waals surface area contributed by atoms with Crippen molar-refractivity contribution in [3.63, 3.8) is 0 Å². The molecule has 0 aromatic carbocycles. The molecule has 94 valence electrons. The molecule has 0 rings (SSSR count). The minimum absolute atomic E-state index is 0. The van der Waals surface area contributed by atoms with Crippen molar-refractivity contribution < 1.29 is 34.1 Å². The van der Waals surface area contributed by atoms with Crippen LogP contribution in [-0.4, -0.2) is 30.5 Å². The van der Waals surface area contributed by atoms with Crippen molar-refractivity contribution in [3.8, 4) is 0 Å². The summed E-state index contributed by atoms with van der Waals surface area (Å²) < 4.78 is 60.8. The minimum atomic E-state index is -4.67. The van der Waals surface area contributed by atoms with E-state index in [1.807, 2.05) is 0 Å². The monoisotopic (exact) mass is 279 g/mol. The van der Waals surface area contributed by atoms with Gasteiger partial charge in [0.1, 0.15) is 0 Å². The van der Waals surface area contributed by atoms with Crippen LogP contribution in [0.4, 0.5) is 0 Å². The van der Waals surface area contributed by atoms with Crippen LogP contribution >= 0.6 is 12.9 Å². The normalized spacial score (nSPS) is 9.14. The Hall–Kier alpha value is -0.0300. The fourth-order valence-electron chi connectivity index (χ4n) is 0. The fourth-order valence-corrected chi connectivity index (χ4v) is 0. The molecule has 0 aliphatic carbocycles. The smallest absolute Gasteiger partial charge is 0.344 e. The Labute approximate surface area is 86.7 Å². The molecule has 0 heterocycles. The molecule has 0 aliphatic heterocycles. The highest BCUT2D eigenvalue weighted by molar-refractivity contribution is 7.92. The average molecular weight is 279 g/mol. The van der Waals surface area contributed by atoms with E-state index < -0.39 is 20.8 Å².